The summed E-state index contributed by atoms with van der Waals surface area (Å²) < 4.78 is 6.52. The summed E-state index contributed by atoms with van der Waals surface area (Å²) in [6.45, 7) is 0. The Bertz CT molecular complexity index is 3140. The van der Waals surface area contributed by atoms with Crippen LogP contribution in [0.5, 0.6) is 0 Å². The van der Waals surface area contributed by atoms with Crippen LogP contribution >= 0.6 is 0 Å². The lowest BCUT2D eigenvalue weighted by Gasteiger charge is -2.18. The topological polar surface area (TPSA) is 13.1 Å². The van der Waals surface area contributed by atoms with Crippen LogP contribution in [0.15, 0.2) is 186 Å². The molecule has 51 heavy (non-hydrogen) atoms. The number of rotatable bonds is 3. The Labute approximate surface area is 294 Å². The van der Waals surface area contributed by atoms with Crippen molar-refractivity contribution in [1.29, 1.82) is 0 Å². The Morgan fingerprint density at radius 2 is 0.843 bits per heavy atom. The zero-order chi connectivity index (χ0) is 33.5. The van der Waals surface area contributed by atoms with Crippen molar-refractivity contribution >= 4 is 75.8 Å². The van der Waals surface area contributed by atoms with Gasteiger partial charge in [0.15, 0.2) is 0 Å². The van der Waals surface area contributed by atoms with E-state index in [1.54, 1.807) is 0 Å². The highest BCUT2D eigenvalue weighted by Gasteiger charge is 2.18. The molecule has 0 aliphatic rings. The number of hydrogen-bond acceptors (Lipinski definition) is 1. The van der Waals surface area contributed by atoms with E-state index in [0.717, 1.165) is 16.6 Å². The van der Waals surface area contributed by atoms with Crippen molar-refractivity contribution in [2.24, 2.45) is 0 Å². The lowest BCUT2D eigenvalue weighted by Crippen LogP contribution is -1.91. The molecule has 11 aromatic rings. The summed E-state index contributed by atoms with van der Waals surface area (Å²) in [4.78, 5) is 0. The molecule has 0 atom stereocenters. The van der Waals surface area contributed by atoms with Gasteiger partial charge in [-0.2, -0.15) is 0 Å². The first-order valence-corrected chi connectivity index (χ1v) is 17.6. The van der Waals surface area contributed by atoms with E-state index in [1.807, 2.05) is 0 Å². The van der Waals surface area contributed by atoms with Gasteiger partial charge in [-0.15, -0.1) is 0 Å². The normalized spacial score (nSPS) is 11.9. The molecule has 0 bridgehead atoms. The highest BCUT2D eigenvalue weighted by atomic mass is 16.3. The summed E-state index contributed by atoms with van der Waals surface area (Å²) in [5.41, 5.74) is 9.21. The molecule has 0 radical (unpaired) electrons. The first-order valence-electron chi connectivity index (χ1n) is 17.6. The summed E-state index contributed by atoms with van der Waals surface area (Å²) >= 11 is 0. The molecule has 0 unspecified atom stereocenters. The lowest BCUT2D eigenvalue weighted by atomic mass is 9.85. The van der Waals surface area contributed by atoms with Crippen molar-refractivity contribution in [2.75, 3.05) is 0 Å². The molecule has 1 aromatic heterocycles. The number of benzene rings is 10. The zero-order valence-corrected chi connectivity index (χ0v) is 27.7. The fourth-order valence-corrected chi connectivity index (χ4v) is 8.51. The van der Waals surface area contributed by atoms with Crippen molar-refractivity contribution < 1.29 is 4.42 Å². The molecular formula is C50H30O. The molecule has 10 aromatic carbocycles. The van der Waals surface area contributed by atoms with Gasteiger partial charge in [-0.05, 0) is 118 Å². The highest BCUT2D eigenvalue weighted by molar-refractivity contribution is 6.23. The van der Waals surface area contributed by atoms with Gasteiger partial charge in [-0.1, -0.05) is 152 Å². The van der Waals surface area contributed by atoms with Gasteiger partial charge >= 0.3 is 0 Å². The maximum Gasteiger partial charge on any atom is 0.136 e. The number of fused-ring (bicyclic) bond motifs is 9. The summed E-state index contributed by atoms with van der Waals surface area (Å²) in [5, 5.41) is 14.7. The summed E-state index contributed by atoms with van der Waals surface area (Å²) in [7, 11) is 0. The second-order valence-corrected chi connectivity index (χ2v) is 13.6. The summed E-state index contributed by atoms with van der Waals surface area (Å²) in [5.74, 6) is 0. The minimum atomic E-state index is 0.915. The lowest BCUT2D eigenvalue weighted by molar-refractivity contribution is 0.670. The molecule has 1 nitrogen and oxygen atoms in total. The van der Waals surface area contributed by atoms with Crippen LogP contribution in [0.3, 0.4) is 0 Å². The van der Waals surface area contributed by atoms with E-state index in [2.05, 4.69) is 182 Å². The van der Waals surface area contributed by atoms with Crippen LogP contribution in [0.1, 0.15) is 0 Å². The average Bonchev–Trinajstić information content (AvgIpc) is 3.56. The van der Waals surface area contributed by atoms with Crippen molar-refractivity contribution in [3.05, 3.63) is 182 Å². The maximum absolute atomic E-state index is 6.52. The van der Waals surface area contributed by atoms with Crippen molar-refractivity contribution in [2.45, 2.75) is 0 Å². The SMILES string of the molecule is c1cc(-c2cccc3cc4c(cc23)oc2ccc3ccccc3c24)cc(-c2c3ccccc3c(-c3ccc4ccccc4c3)c3ccccc23)c1. The molecule has 0 spiro atoms. The second-order valence-electron chi connectivity index (χ2n) is 13.6. The smallest absolute Gasteiger partial charge is 0.136 e. The van der Waals surface area contributed by atoms with E-state index >= 15 is 0 Å². The Kier molecular flexibility index (Phi) is 6.02. The van der Waals surface area contributed by atoms with Gasteiger partial charge < -0.3 is 4.42 Å². The van der Waals surface area contributed by atoms with Crippen LogP contribution in [0.25, 0.3) is 109 Å². The first-order chi connectivity index (χ1) is 25.3. The second kappa shape index (κ2) is 10.9. The number of furan rings is 1. The van der Waals surface area contributed by atoms with E-state index in [0.29, 0.717) is 0 Å². The van der Waals surface area contributed by atoms with Gasteiger partial charge in [0.1, 0.15) is 11.2 Å². The maximum atomic E-state index is 6.52. The van der Waals surface area contributed by atoms with Gasteiger partial charge in [-0.25, -0.2) is 0 Å². The Morgan fingerprint density at radius 3 is 1.59 bits per heavy atom. The third-order valence-corrected chi connectivity index (χ3v) is 10.8. The predicted molar refractivity (Wildman–Crippen MR) is 218 cm³/mol. The molecule has 0 aliphatic carbocycles. The molecule has 0 N–H and O–H groups in total. The molecule has 0 fully saturated rings. The molecular weight excluding hydrogens is 617 g/mol. The standard InChI is InChI=1S/C50H30O/c1-2-13-33-27-37(24-23-31(33)11-1)49-42-20-7-5-18-40(42)48(41-19-6-8-21-43(41)49)36-16-9-14-34(28-36)38-22-10-15-35-29-45-47(30-44(35)38)51-46-26-25-32-12-3-4-17-39(32)50(45)46/h1-30H. The molecule has 0 amide bonds. The average molecular weight is 647 g/mol. The van der Waals surface area contributed by atoms with Crippen LogP contribution in [0.4, 0.5) is 0 Å². The van der Waals surface area contributed by atoms with Gasteiger partial charge in [0, 0.05) is 10.8 Å². The fourth-order valence-electron chi connectivity index (χ4n) is 8.51. The van der Waals surface area contributed by atoms with Gasteiger partial charge in [0.2, 0.25) is 0 Å². The van der Waals surface area contributed by atoms with Crippen LogP contribution in [0, 0.1) is 0 Å². The Morgan fingerprint density at radius 1 is 0.275 bits per heavy atom. The number of hydrogen-bond donors (Lipinski definition) is 0. The minimum absolute atomic E-state index is 0.915. The van der Waals surface area contributed by atoms with Crippen LogP contribution in [-0.2, 0) is 0 Å². The van der Waals surface area contributed by atoms with Crippen LogP contribution in [0.2, 0.25) is 0 Å². The largest absolute Gasteiger partial charge is 0.456 e. The van der Waals surface area contributed by atoms with Crippen molar-refractivity contribution in [3.8, 4) is 33.4 Å². The minimum Gasteiger partial charge on any atom is -0.456 e. The van der Waals surface area contributed by atoms with Crippen LogP contribution < -0.4 is 0 Å². The quantitative estimate of drug-likeness (QED) is 0.174. The van der Waals surface area contributed by atoms with E-state index < -0.39 is 0 Å². The van der Waals surface area contributed by atoms with E-state index in [4.69, 9.17) is 4.42 Å². The van der Waals surface area contributed by atoms with E-state index in [1.165, 1.54) is 92.6 Å². The highest BCUT2D eigenvalue weighted by Crippen LogP contribution is 2.45. The Balaban J connectivity index is 1.13. The van der Waals surface area contributed by atoms with Crippen LogP contribution in [-0.4, -0.2) is 0 Å². The third-order valence-electron chi connectivity index (χ3n) is 10.8. The summed E-state index contributed by atoms with van der Waals surface area (Å²) in [6.07, 6.45) is 0. The molecule has 0 saturated carbocycles. The molecule has 11 rings (SSSR count). The predicted octanol–water partition coefficient (Wildman–Crippen LogP) is 14.4. The van der Waals surface area contributed by atoms with Crippen molar-refractivity contribution in [1.82, 2.24) is 0 Å². The van der Waals surface area contributed by atoms with Crippen molar-refractivity contribution in [3.63, 3.8) is 0 Å². The monoisotopic (exact) mass is 646 g/mol. The molecule has 0 aliphatic heterocycles. The van der Waals surface area contributed by atoms with Gasteiger partial charge in [0.05, 0.1) is 0 Å². The van der Waals surface area contributed by atoms with E-state index in [-0.39, 0.29) is 0 Å². The molecule has 1 heteroatoms. The van der Waals surface area contributed by atoms with Gasteiger partial charge in [-0.3, -0.25) is 0 Å². The first kappa shape index (κ1) is 28.2. The molecule has 236 valence electrons. The Hall–Kier alpha value is -6.70. The van der Waals surface area contributed by atoms with E-state index in [9.17, 15) is 0 Å². The fraction of sp³-hybridized carbons (Fsp3) is 0. The third kappa shape index (κ3) is 4.28. The summed E-state index contributed by atoms with van der Waals surface area (Å²) in [6, 6.07) is 66.4. The zero-order valence-electron chi connectivity index (χ0n) is 27.7. The van der Waals surface area contributed by atoms with Gasteiger partial charge in [0.25, 0.3) is 0 Å². The molecule has 0 saturated heterocycles. The molecule has 1 heterocycles.